The maximum absolute atomic E-state index is 11.9. The van der Waals surface area contributed by atoms with E-state index >= 15 is 0 Å². The Hall–Kier alpha value is -1.85. The number of nitrogens with zero attached hydrogens (tertiary/aromatic N) is 1. The molecule has 0 heterocycles. The molecule has 5 heteroatoms. The zero-order valence-corrected chi connectivity index (χ0v) is 16.4. The van der Waals surface area contributed by atoms with Crippen LogP contribution < -0.4 is 10.1 Å². The van der Waals surface area contributed by atoms with Gasteiger partial charge in [-0.05, 0) is 55.9 Å². The molecule has 0 atom stereocenters. The second-order valence-corrected chi connectivity index (χ2v) is 7.15. The van der Waals surface area contributed by atoms with E-state index in [0.717, 1.165) is 22.3 Å². The van der Waals surface area contributed by atoms with Gasteiger partial charge in [-0.2, -0.15) is 0 Å². The van der Waals surface area contributed by atoms with Crippen LogP contribution in [0.25, 0.3) is 0 Å². The maximum Gasteiger partial charge on any atom is 0.220 e. The lowest BCUT2D eigenvalue weighted by Crippen LogP contribution is -2.23. The van der Waals surface area contributed by atoms with E-state index in [1.54, 1.807) is 0 Å². The number of amides is 1. The molecule has 0 aromatic heterocycles. The van der Waals surface area contributed by atoms with E-state index in [4.69, 9.17) is 4.74 Å². The van der Waals surface area contributed by atoms with Crippen LogP contribution in [0.1, 0.15) is 24.0 Å². The summed E-state index contributed by atoms with van der Waals surface area (Å²) in [6, 6.07) is 16.0. The number of hydrogen-bond acceptors (Lipinski definition) is 3. The molecule has 0 aliphatic carbocycles. The van der Waals surface area contributed by atoms with Crippen molar-refractivity contribution in [1.29, 1.82) is 0 Å². The molecule has 1 N–H and O–H groups in total. The first-order chi connectivity index (χ1) is 12.0. The summed E-state index contributed by atoms with van der Waals surface area (Å²) >= 11 is 3.39. The predicted molar refractivity (Wildman–Crippen MR) is 105 cm³/mol. The predicted octanol–water partition coefficient (Wildman–Crippen LogP) is 3.99. The van der Waals surface area contributed by atoms with Gasteiger partial charge in [-0.25, -0.2) is 0 Å². The first-order valence-corrected chi connectivity index (χ1v) is 9.20. The van der Waals surface area contributed by atoms with Crippen LogP contribution in [0, 0.1) is 0 Å². The van der Waals surface area contributed by atoms with Crippen LogP contribution in [0.5, 0.6) is 5.75 Å². The largest absolute Gasteiger partial charge is 0.494 e. The van der Waals surface area contributed by atoms with Gasteiger partial charge in [0.05, 0.1) is 6.61 Å². The van der Waals surface area contributed by atoms with Crippen LogP contribution >= 0.6 is 15.9 Å². The Bertz CT molecular complexity index is 654. The second kappa shape index (κ2) is 10.2. The maximum atomic E-state index is 11.9. The summed E-state index contributed by atoms with van der Waals surface area (Å²) in [7, 11) is 4.10. The first kappa shape index (κ1) is 19.5. The molecule has 2 rings (SSSR count). The second-order valence-electron chi connectivity index (χ2n) is 6.24. The molecule has 2 aromatic rings. The highest BCUT2D eigenvalue weighted by molar-refractivity contribution is 9.10. The van der Waals surface area contributed by atoms with Gasteiger partial charge < -0.3 is 15.0 Å². The fourth-order valence-corrected chi connectivity index (χ4v) is 2.63. The minimum absolute atomic E-state index is 0.0526. The van der Waals surface area contributed by atoms with Gasteiger partial charge in [-0.3, -0.25) is 4.79 Å². The van der Waals surface area contributed by atoms with Gasteiger partial charge in [0.2, 0.25) is 5.91 Å². The quantitative estimate of drug-likeness (QED) is 0.642. The molecule has 0 saturated heterocycles. The molecule has 0 unspecified atom stereocenters. The lowest BCUT2D eigenvalue weighted by molar-refractivity contribution is -0.121. The Morgan fingerprint density at radius 1 is 1.04 bits per heavy atom. The molecule has 0 bridgehead atoms. The monoisotopic (exact) mass is 404 g/mol. The number of rotatable bonds is 9. The van der Waals surface area contributed by atoms with Crippen LogP contribution in [0.2, 0.25) is 0 Å². The van der Waals surface area contributed by atoms with Gasteiger partial charge >= 0.3 is 0 Å². The fourth-order valence-electron chi connectivity index (χ4n) is 2.37. The third-order valence-electron chi connectivity index (χ3n) is 3.64. The number of carbonyl (C=O) groups is 1. The van der Waals surface area contributed by atoms with Gasteiger partial charge in [0.15, 0.2) is 0 Å². The number of ether oxygens (including phenoxy) is 1. The average molecular weight is 405 g/mol. The van der Waals surface area contributed by atoms with Crippen LogP contribution in [0.15, 0.2) is 53.0 Å². The van der Waals surface area contributed by atoms with Gasteiger partial charge in [0.1, 0.15) is 5.75 Å². The van der Waals surface area contributed by atoms with Crippen molar-refractivity contribution in [3.63, 3.8) is 0 Å². The summed E-state index contributed by atoms with van der Waals surface area (Å²) in [5.74, 6) is 0.873. The molecule has 0 spiro atoms. The zero-order valence-electron chi connectivity index (χ0n) is 14.8. The Morgan fingerprint density at radius 3 is 2.32 bits per heavy atom. The molecular weight excluding hydrogens is 380 g/mol. The molecule has 0 saturated carbocycles. The van der Waals surface area contributed by atoms with Crippen LogP contribution in [-0.2, 0) is 17.9 Å². The molecule has 0 fully saturated rings. The van der Waals surface area contributed by atoms with Crippen molar-refractivity contribution in [2.45, 2.75) is 25.9 Å². The average Bonchev–Trinajstić information content (AvgIpc) is 2.59. The highest BCUT2D eigenvalue weighted by Gasteiger charge is 2.03. The number of halogens is 1. The van der Waals surface area contributed by atoms with E-state index in [9.17, 15) is 4.79 Å². The molecule has 2 aromatic carbocycles. The normalized spacial score (nSPS) is 10.7. The first-order valence-electron chi connectivity index (χ1n) is 8.40. The van der Waals surface area contributed by atoms with Crippen LogP contribution in [0.4, 0.5) is 0 Å². The molecule has 25 heavy (non-hydrogen) atoms. The number of hydrogen-bond donors (Lipinski definition) is 1. The standard InChI is InChI=1S/C20H25BrN2O2/c1-23(2)15-17-7-5-16(6-8-17)14-22-20(24)4-3-13-25-19-11-9-18(21)10-12-19/h5-12H,3-4,13-15H2,1-2H3,(H,22,24). The van der Waals surface area contributed by atoms with Crippen LogP contribution in [0.3, 0.4) is 0 Å². The van der Waals surface area contributed by atoms with Crippen molar-refractivity contribution >= 4 is 21.8 Å². The van der Waals surface area contributed by atoms with Gasteiger partial charge in [-0.15, -0.1) is 0 Å². The molecule has 1 amide bonds. The van der Waals surface area contributed by atoms with Gasteiger partial charge in [0, 0.05) is 24.0 Å². The summed E-state index contributed by atoms with van der Waals surface area (Å²) in [6.07, 6.45) is 1.17. The van der Waals surface area contributed by atoms with E-state index in [0.29, 0.717) is 26.0 Å². The smallest absolute Gasteiger partial charge is 0.220 e. The molecule has 0 radical (unpaired) electrons. The van der Waals surface area contributed by atoms with Crippen molar-refractivity contribution in [3.8, 4) is 5.75 Å². The Labute approximate surface area is 158 Å². The van der Waals surface area contributed by atoms with E-state index < -0.39 is 0 Å². The van der Waals surface area contributed by atoms with Crippen molar-refractivity contribution in [2.24, 2.45) is 0 Å². The number of nitrogens with one attached hydrogen (secondary N) is 1. The van der Waals surface area contributed by atoms with E-state index in [1.807, 2.05) is 24.3 Å². The number of carbonyl (C=O) groups excluding carboxylic acids is 1. The lowest BCUT2D eigenvalue weighted by Gasteiger charge is -2.10. The summed E-state index contributed by atoms with van der Waals surface area (Å²) in [4.78, 5) is 14.0. The van der Waals surface area contributed by atoms with E-state index in [1.165, 1.54) is 5.56 Å². The summed E-state index contributed by atoms with van der Waals surface area (Å²) in [5, 5.41) is 2.95. The third kappa shape index (κ3) is 7.71. The van der Waals surface area contributed by atoms with E-state index in [2.05, 4.69) is 64.5 Å². The molecule has 0 aliphatic heterocycles. The SMILES string of the molecule is CN(C)Cc1ccc(CNC(=O)CCCOc2ccc(Br)cc2)cc1. The Kier molecular flexibility index (Phi) is 7.95. The van der Waals surface area contributed by atoms with Crippen molar-refractivity contribution in [3.05, 3.63) is 64.1 Å². The van der Waals surface area contributed by atoms with Gasteiger partial charge in [-0.1, -0.05) is 40.2 Å². The highest BCUT2D eigenvalue weighted by atomic mass is 79.9. The Balaban J connectivity index is 1.62. The Morgan fingerprint density at radius 2 is 1.68 bits per heavy atom. The molecule has 134 valence electrons. The molecule has 4 nitrogen and oxygen atoms in total. The van der Waals surface area contributed by atoms with Crippen LogP contribution in [-0.4, -0.2) is 31.5 Å². The third-order valence-corrected chi connectivity index (χ3v) is 4.17. The summed E-state index contributed by atoms with van der Waals surface area (Å²) in [6.45, 7) is 2.02. The minimum Gasteiger partial charge on any atom is -0.494 e. The van der Waals surface area contributed by atoms with Crippen molar-refractivity contribution in [1.82, 2.24) is 10.2 Å². The minimum atomic E-state index is 0.0526. The molecular formula is C20H25BrN2O2. The topological polar surface area (TPSA) is 41.6 Å². The summed E-state index contributed by atoms with van der Waals surface area (Å²) in [5.41, 5.74) is 2.38. The van der Waals surface area contributed by atoms with Gasteiger partial charge in [0.25, 0.3) is 0 Å². The highest BCUT2D eigenvalue weighted by Crippen LogP contribution is 2.16. The van der Waals surface area contributed by atoms with Crippen molar-refractivity contribution in [2.75, 3.05) is 20.7 Å². The zero-order chi connectivity index (χ0) is 18.1. The van der Waals surface area contributed by atoms with Crippen molar-refractivity contribution < 1.29 is 9.53 Å². The lowest BCUT2D eigenvalue weighted by atomic mass is 10.1. The summed E-state index contributed by atoms with van der Waals surface area (Å²) < 4.78 is 6.64. The molecule has 0 aliphatic rings. The van der Waals surface area contributed by atoms with E-state index in [-0.39, 0.29) is 5.91 Å². The number of benzene rings is 2. The fraction of sp³-hybridized carbons (Fsp3) is 0.350.